The van der Waals surface area contributed by atoms with Crippen LogP contribution >= 0.6 is 12.6 Å². The summed E-state index contributed by atoms with van der Waals surface area (Å²) >= 11 is 4.11. The van der Waals surface area contributed by atoms with E-state index in [9.17, 15) is 19.5 Å². The maximum absolute atomic E-state index is 12.6. The van der Waals surface area contributed by atoms with Crippen molar-refractivity contribution in [1.29, 1.82) is 0 Å². The van der Waals surface area contributed by atoms with Gasteiger partial charge in [0.15, 0.2) is 0 Å². The Hall–Kier alpha value is -3.31. The highest BCUT2D eigenvalue weighted by molar-refractivity contribution is 7.80. The third kappa shape index (κ3) is 5.64. The van der Waals surface area contributed by atoms with E-state index in [0.717, 1.165) is 16.5 Å². The summed E-state index contributed by atoms with van der Waals surface area (Å²) in [7, 11) is 0. The quantitative estimate of drug-likeness (QED) is 0.217. The molecule has 164 valence electrons. The maximum Gasteiger partial charge on any atom is 0.326 e. The van der Waals surface area contributed by atoms with Crippen molar-refractivity contribution in [2.24, 2.45) is 5.73 Å². The SMILES string of the molecule is NC(Cc1c[nH]c2ccccc12)C(=O)NC(CS)C(=O)NC(Cc1cnc[nH]1)C(=O)O. The number of carboxylic acid groups (broad SMARTS) is 1. The number of nitrogens with one attached hydrogen (secondary N) is 4. The van der Waals surface area contributed by atoms with Crippen molar-refractivity contribution in [1.82, 2.24) is 25.6 Å². The summed E-state index contributed by atoms with van der Waals surface area (Å²) in [6, 6.07) is 4.54. The van der Waals surface area contributed by atoms with Gasteiger partial charge >= 0.3 is 5.97 Å². The number of nitrogens with zero attached hydrogens (tertiary/aromatic N) is 1. The lowest BCUT2D eigenvalue weighted by Crippen LogP contribution is -2.55. The molecule has 2 heterocycles. The molecule has 31 heavy (non-hydrogen) atoms. The van der Waals surface area contributed by atoms with Gasteiger partial charge in [-0.2, -0.15) is 12.6 Å². The molecule has 0 fully saturated rings. The number of para-hydroxylation sites is 1. The van der Waals surface area contributed by atoms with Crippen LogP contribution in [-0.2, 0) is 27.2 Å². The molecule has 3 unspecified atom stereocenters. The second-order valence-corrected chi connectivity index (χ2v) is 7.46. The molecule has 0 saturated carbocycles. The molecule has 7 N–H and O–H groups in total. The number of amides is 2. The van der Waals surface area contributed by atoms with Crippen LogP contribution in [0.15, 0.2) is 43.0 Å². The zero-order chi connectivity index (χ0) is 22.4. The summed E-state index contributed by atoms with van der Waals surface area (Å²) in [5.41, 5.74) is 8.43. The van der Waals surface area contributed by atoms with E-state index in [1.54, 1.807) is 6.20 Å². The number of imidazole rings is 1. The van der Waals surface area contributed by atoms with E-state index in [1.165, 1.54) is 12.5 Å². The molecular formula is C20H24N6O4S. The largest absolute Gasteiger partial charge is 0.480 e. The van der Waals surface area contributed by atoms with Crippen molar-refractivity contribution in [2.45, 2.75) is 31.0 Å². The molecule has 0 aliphatic carbocycles. The van der Waals surface area contributed by atoms with Gasteiger partial charge in [-0.25, -0.2) is 9.78 Å². The number of benzene rings is 1. The highest BCUT2D eigenvalue weighted by Gasteiger charge is 2.28. The number of thiol groups is 1. The van der Waals surface area contributed by atoms with Gasteiger partial charge in [-0.15, -0.1) is 0 Å². The molecule has 3 atom stereocenters. The Labute approximate surface area is 183 Å². The number of rotatable bonds is 10. The van der Waals surface area contributed by atoms with Crippen LogP contribution in [0.2, 0.25) is 0 Å². The summed E-state index contributed by atoms with van der Waals surface area (Å²) < 4.78 is 0. The Morgan fingerprint density at radius 2 is 1.84 bits per heavy atom. The van der Waals surface area contributed by atoms with E-state index in [0.29, 0.717) is 5.69 Å². The topological polar surface area (TPSA) is 166 Å². The minimum absolute atomic E-state index is 0.0201. The average Bonchev–Trinajstić information content (AvgIpc) is 3.41. The first kappa shape index (κ1) is 22.4. The van der Waals surface area contributed by atoms with E-state index in [-0.39, 0.29) is 18.6 Å². The third-order valence-corrected chi connectivity index (χ3v) is 5.23. The summed E-state index contributed by atoms with van der Waals surface area (Å²) in [4.78, 5) is 46.4. The summed E-state index contributed by atoms with van der Waals surface area (Å²) in [6.45, 7) is 0. The molecule has 0 aliphatic rings. The van der Waals surface area contributed by atoms with Crippen molar-refractivity contribution in [2.75, 3.05) is 5.75 Å². The molecule has 0 saturated heterocycles. The van der Waals surface area contributed by atoms with Crippen LogP contribution < -0.4 is 16.4 Å². The number of carbonyl (C=O) groups excluding carboxylic acids is 2. The Morgan fingerprint density at radius 3 is 2.52 bits per heavy atom. The van der Waals surface area contributed by atoms with Crippen molar-refractivity contribution in [3.8, 4) is 0 Å². The van der Waals surface area contributed by atoms with Crippen LogP contribution in [0, 0.1) is 0 Å². The second kappa shape index (κ2) is 10.1. The van der Waals surface area contributed by atoms with Crippen molar-refractivity contribution in [3.63, 3.8) is 0 Å². The lowest BCUT2D eigenvalue weighted by molar-refractivity contribution is -0.142. The summed E-state index contributed by atoms with van der Waals surface area (Å²) in [5, 5.41) is 15.3. The highest BCUT2D eigenvalue weighted by Crippen LogP contribution is 2.18. The smallest absolute Gasteiger partial charge is 0.326 e. The third-order valence-electron chi connectivity index (χ3n) is 4.86. The lowest BCUT2D eigenvalue weighted by Gasteiger charge is -2.21. The molecule has 2 amide bonds. The number of aromatic nitrogens is 3. The zero-order valence-corrected chi connectivity index (χ0v) is 17.4. The highest BCUT2D eigenvalue weighted by atomic mass is 32.1. The van der Waals surface area contributed by atoms with Crippen LogP contribution in [0.25, 0.3) is 10.9 Å². The number of carboxylic acids is 1. The fourth-order valence-electron chi connectivity index (χ4n) is 3.19. The van der Waals surface area contributed by atoms with Gasteiger partial charge < -0.3 is 31.4 Å². The molecule has 11 heteroatoms. The maximum atomic E-state index is 12.6. The molecule has 2 aromatic heterocycles. The van der Waals surface area contributed by atoms with Crippen LogP contribution in [0.1, 0.15) is 11.3 Å². The standard InChI is InChI=1S/C20H24N6O4S/c21-14(5-11-7-23-15-4-2-1-3-13(11)15)18(27)26-17(9-31)19(28)25-16(20(29)30)6-12-8-22-10-24-12/h1-4,7-8,10,14,16-17,23,31H,5-6,9,21H2,(H,22,24)(H,25,28)(H,26,27)(H,29,30). The molecular weight excluding hydrogens is 420 g/mol. The van der Waals surface area contributed by atoms with Crippen molar-refractivity contribution < 1.29 is 19.5 Å². The molecule has 3 rings (SSSR count). The van der Waals surface area contributed by atoms with Crippen LogP contribution in [0.4, 0.5) is 0 Å². The predicted molar refractivity (Wildman–Crippen MR) is 118 cm³/mol. The Kier molecular flexibility index (Phi) is 7.32. The molecule has 1 aromatic carbocycles. The van der Waals surface area contributed by atoms with Crippen LogP contribution in [-0.4, -0.2) is 61.7 Å². The number of hydrogen-bond acceptors (Lipinski definition) is 6. The normalized spacial score (nSPS) is 14.0. The number of fused-ring (bicyclic) bond motifs is 1. The molecule has 3 aromatic rings. The fraction of sp³-hybridized carbons (Fsp3) is 0.300. The first-order valence-electron chi connectivity index (χ1n) is 9.61. The minimum Gasteiger partial charge on any atom is -0.480 e. The first-order chi connectivity index (χ1) is 14.9. The average molecular weight is 445 g/mol. The zero-order valence-electron chi connectivity index (χ0n) is 16.5. The number of nitrogens with two attached hydrogens (primary N) is 1. The van der Waals surface area contributed by atoms with Crippen LogP contribution in [0.5, 0.6) is 0 Å². The monoisotopic (exact) mass is 444 g/mol. The fourth-order valence-corrected chi connectivity index (χ4v) is 3.45. The van der Waals surface area contributed by atoms with Gasteiger partial charge in [0, 0.05) is 41.2 Å². The van der Waals surface area contributed by atoms with Gasteiger partial charge in [-0.05, 0) is 18.1 Å². The van der Waals surface area contributed by atoms with E-state index in [4.69, 9.17) is 5.73 Å². The molecule has 0 radical (unpaired) electrons. The van der Waals surface area contributed by atoms with Gasteiger partial charge in [0.1, 0.15) is 12.1 Å². The van der Waals surface area contributed by atoms with Gasteiger partial charge in [-0.3, -0.25) is 9.59 Å². The van der Waals surface area contributed by atoms with Gasteiger partial charge in [0.25, 0.3) is 0 Å². The molecule has 0 spiro atoms. The molecule has 0 bridgehead atoms. The van der Waals surface area contributed by atoms with Gasteiger partial charge in [0.2, 0.25) is 11.8 Å². The van der Waals surface area contributed by atoms with Crippen molar-refractivity contribution >= 4 is 41.3 Å². The van der Waals surface area contributed by atoms with Gasteiger partial charge in [-0.1, -0.05) is 18.2 Å². The Bertz CT molecular complexity index is 1050. The predicted octanol–water partition coefficient (Wildman–Crippen LogP) is -0.0125. The van der Waals surface area contributed by atoms with E-state index in [1.807, 2.05) is 24.3 Å². The number of aromatic amines is 2. The number of H-pyrrole nitrogens is 2. The number of carbonyl (C=O) groups is 3. The van der Waals surface area contributed by atoms with Gasteiger partial charge in [0.05, 0.1) is 12.4 Å². The minimum atomic E-state index is -1.21. The molecule has 10 nitrogen and oxygen atoms in total. The summed E-state index contributed by atoms with van der Waals surface area (Å²) in [6.07, 6.45) is 4.99. The van der Waals surface area contributed by atoms with E-state index >= 15 is 0 Å². The first-order valence-corrected chi connectivity index (χ1v) is 10.2. The lowest BCUT2D eigenvalue weighted by atomic mass is 10.0. The van der Waals surface area contributed by atoms with Crippen molar-refractivity contribution in [3.05, 3.63) is 54.2 Å². The second-order valence-electron chi connectivity index (χ2n) is 7.09. The summed E-state index contributed by atoms with van der Waals surface area (Å²) in [5.74, 6) is -2.41. The molecule has 0 aliphatic heterocycles. The van der Waals surface area contributed by atoms with E-state index in [2.05, 4.69) is 38.2 Å². The van der Waals surface area contributed by atoms with Crippen LogP contribution in [0.3, 0.4) is 0 Å². The Balaban J connectivity index is 1.59. The number of hydrogen-bond donors (Lipinski definition) is 7. The number of aliphatic carboxylic acids is 1. The Morgan fingerprint density at radius 1 is 1.10 bits per heavy atom. The van der Waals surface area contributed by atoms with E-state index < -0.39 is 35.9 Å².